The van der Waals surface area contributed by atoms with Crippen molar-refractivity contribution in [2.45, 2.75) is 31.3 Å². The lowest BCUT2D eigenvalue weighted by molar-refractivity contribution is 0.181. The number of rotatable bonds is 1. The summed E-state index contributed by atoms with van der Waals surface area (Å²) in [6.45, 7) is 0. The van der Waals surface area contributed by atoms with Gasteiger partial charge in [-0.1, -0.05) is 11.6 Å². The minimum atomic E-state index is -0.104. The molecule has 1 fully saturated rings. The van der Waals surface area contributed by atoms with Gasteiger partial charge in [-0.3, -0.25) is 0 Å². The van der Waals surface area contributed by atoms with E-state index in [9.17, 15) is 5.11 Å². The van der Waals surface area contributed by atoms with Gasteiger partial charge in [0.25, 0.3) is 0 Å². The van der Waals surface area contributed by atoms with Crippen LogP contribution in [0.25, 0.3) is 0 Å². The van der Waals surface area contributed by atoms with Gasteiger partial charge in [0.15, 0.2) is 0 Å². The van der Waals surface area contributed by atoms with Crippen LogP contribution in [-0.4, -0.2) is 11.2 Å². The average Bonchev–Trinajstić information content (AvgIpc) is 2.58. The average molecular weight is 203 g/mol. The highest BCUT2D eigenvalue weighted by Crippen LogP contribution is 2.40. The molecular formula is C9H11ClOS. The molecule has 0 aromatic carbocycles. The molecular weight excluding hydrogens is 192 g/mol. The van der Waals surface area contributed by atoms with Gasteiger partial charge in [-0.2, -0.15) is 0 Å². The van der Waals surface area contributed by atoms with Crippen LogP contribution in [0.15, 0.2) is 11.4 Å². The minimum absolute atomic E-state index is 0.104. The van der Waals surface area contributed by atoms with E-state index in [-0.39, 0.29) is 6.10 Å². The molecule has 1 saturated carbocycles. The van der Waals surface area contributed by atoms with Gasteiger partial charge in [0.1, 0.15) is 0 Å². The van der Waals surface area contributed by atoms with Gasteiger partial charge in [-0.15, -0.1) is 11.3 Å². The van der Waals surface area contributed by atoms with Gasteiger partial charge >= 0.3 is 0 Å². The Kier molecular flexibility index (Phi) is 2.40. The molecule has 2 atom stereocenters. The van der Waals surface area contributed by atoms with E-state index in [1.165, 1.54) is 4.88 Å². The second-order valence-electron chi connectivity index (χ2n) is 3.30. The van der Waals surface area contributed by atoms with Crippen molar-refractivity contribution < 1.29 is 5.11 Å². The Morgan fingerprint density at radius 1 is 1.50 bits per heavy atom. The molecule has 1 N–H and O–H groups in total. The number of thiophene rings is 1. The van der Waals surface area contributed by atoms with Crippen molar-refractivity contribution in [2.24, 2.45) is 0 Å². The number of aliphatic hydroxyl groups is 1. The molecule has 0 saturated heterocycles. The van der Waals surface area contributed by atoms with Crippen LogP contribution in [0.2, 0.25) is 5.02 Å². The first kappa shape index (κ1) is 8.54. The second kappa shape index (κ2) is 3.36. The summed E-state index contributed by atoms with van der Waals surface area (Å²) in [5.41, 5.74) is 0. The molecule has 0 radical (unpaired) electrons. The smallest absolute Gasteiger partial charge is 0.0547 e. The van der Waals surface area contributed by atoms with Crippen LogP contribution >= 0.6 is 22.9 Å². The van der Waals surface area contributed by atoms with Crippen LogP contribution < -0.4 is 0 Å². The molecule has 1 aromatic rings. The molecule has 2 rings (SSSR count). The Morgan fingerprint density at radius 3 is 2.83 bits per heavy atom. The van der Waals surface area contributed by atoms with Crippen LogP contribution in [0.3, 0.4) is 0 Å². The Balaban J connectivity index is 2.16. The number of halogens is 1. The van der Waals surface area contributed by atoms with E-state index in [0.717, 1.165) is 24.3 Å². The fraction of sp³-hybridized carbons (Fsp3) is 0.556. The topological polar surface area (TPSA) is 20.2 Å². The van der Waals surface area contributed by atoms with E-state index in [1.807, 2.05) is 11.4 Å². The molecule has 66 valence electrons. The molecule has 3 heteroatoms. The number of hydrogen-bond donors (Lipinski definition) is 1. The largest absolute Gasteiger partial charge is 0.393 e. The van der Waals surface area contributed by atoms with Crippen LogP contribution in [0.4, 0.5) is 0 Å². The molecule has 1 aliphatic carbocycles. The van der Waals surface area contributed by atoms with Crippen LogP contribution in [0.1, 0.15) is 30.1 Å². The molecule has 0 aliphatic heterocycles. The van der Waals surface area contributed by atoms with Gasteiger partial charge in [0.05, 0.1) is 11.1 Å². The van der Waals surface area contributed by atoms with E-state index in [2.05, 4.69) is 0 Å². The maximum Gasteiger partial charge on any atom is 0.0547 e. The summed E-state index contributed by atoms with van der Waals surface area (Å²) < 4.78 is 0. The zero-order valence-corrected chi connectivity index (χ0v) is 8.24. The van der Waals surface area contributed by atoms with Crippen molar-refractivity contribution in [3.63, 3.8) is 0 Å². The lowest BCUT2D eigenvalue weighted by Crippen LogP contribution is -1.98. The van der Waals surface area contributed by atoms with Crippen molar-refractivity contribution in [3.8, 4) is 0 Å². The maximum absolute atomic E-state index is 9.35. The van der Waals surface area contributed by atoms with Gasteiger partial charge < -0.3 is 5.11 Å². The minimum Gasteiger partial charge on any atom is -0.393 e. The fourth-order valence-corrected chi connectivity index (χ4v) is 3.16. The molecule has 2 unspecified atom stereocenters. The first-order chi connectivity index (χ1) is 5.77. The SMILES string of the molecule is OC1CCC(c2sccc2Cl)C1. The monoisotopic (exact) mass is 202 g/mol. The van der Waals surface area contributed by atoms with Crippen molar-refractivity contribution in [1.29, 1.82) is 0 Å². The molecule has 12 heavy (non-hydrogen) atoms. The van der Waals surface area contributed by atoms with E-state index in [1.54, 1.807) is 11.3 Å². The van der Waals surface area contributed by atoms with Crippen LogP contribution in [-0.2, 0) is 0 Å². The second-order valence-corrected chi connectivity index (χ2v) is 4.65. The summed E-state index contributed by atoms with van der Waals surface area (Å²) in [7, 11) is 0. The highest BCUT2D eigenvalue weighted by molar-refractivity contribution is 7.10. The Morgan fingerprint density at radius 2 is 2.33 bits per heavy atom. The fourth-order valence-electron chi connectivity index (χ4n) is 1.79. The van der Waals surface area contributed by atoms with E-state index in [0.29, 0.717) is 5.92 Å². The zero-order chi connectivity index (χ0) is 8.55. The van der Waals surface area contributed by atoms with Crippen LogP contribution in [0.5, 0.6) is 0 Å². The summed E-state index contributed by atoms with van der Waals surface area (Å²) in [6.07, 6.45) is 2.80. The predicted molar refractivity (Wildman–Crippen MR) is 51.9 cm³/mol. The van der Waals surface area contributed by atoms with Gasteiger partial charge in [-0.25, -0.2) is 0 Å². The molecule has 0 amide bonds. The highest BCUT2D eigenvalue weighted by Gasteiger charge is 2.26. The molecule has 0 bridgehead atoms. The molecule has 1 aromatic heterocycles. The van der Waals surface area contributed by atoms with E-state index < -0.39 is 0 Å². The van der Waals surface area contributed by atoms with Crippen LogP contribution in [0, 0.1) is 0 Å². The third-order valence-corrected chi connectivity index (χ3v) is 3.94. The van der Waals surface area contributed by atoms with Gasteiger partial charge in [-0.05, 0) is 36.6 Å². The Bertz CT molecular complexity index is 271. The molecule has 1 aliphatic rings. The molecule has 1 nitrogen and oxygen atoms in total. The summed E-state index contributed by atoms with van der Waals surface area (Å²) in [5, 5.41) is 12.2. The first-order valence-corrected chi connectivity index (χ1v) is 5.44. The number of aliphatic hydroxyl groups excluding tert-OH is 1. The summed E-state index contributed by atoms with van der Waals surface area (Å²) in [5.74, 6) is 0.507. The predicted octanol–water partition coefficient (Wildman–Crippen LogP) is 3.03. The first-order valence-electron chi connectivity index (χ1n) is 4.18. The standard InChI is InChI=1S/C9H11ClOS/c10-8-3-4-12-9(8)6-1-2-7(11)5-6/h3-4,6-7,11H,1-2,5H2. The zero-order valence-electron chi connectivity index (χ0n) is 6.66. The van der Waals surface area contributed by atoms with Crippen molar-refractivity contribution in [2.75, 3.05) is 0 Å². The van der Waals surface area contributed by atoms with Crippen molar-refractivity contribution in [3.05, 3.63) is 21.3 Å². The van der Waals surface area contributed by atoms with Crippen molar-refractivity contribution in [1.82, 2.24) is 0 Å². The summed E-state index contributed by atoms with van der Waals surface area (Å²) in [6, 6.07) is 1.94. The van der Waals surface area contributed by atoms with Gasteiger partial charge in [0, 0.05) is 4.88 Å². The molecule has 1 heterocycles. The van der Waals surface area contributed by atoms with E-state index >= 15 is 0 Å². The highest BCUT2D eigenvalue weighted by atomic mass is 35.5. The third kappa shape index (κ3) is 1.51. The quantitative estimate of drug-likeness (QED) is 0.743. The third-order valence-electron chi connectivity index (χ3n) is 2.42. The van der Waals surface area contributed by atoms with E-state index in [4.69, 9.17) is 11.6 Å². The number of hydrogen-bond acceptors (Lipinski definition) is 2. The lowest BCUT2D eigenvalue weighted by Gasteiger charge is -2.06. The van der Waals surface area contributed by atoms with Crippen molar-refractivity contribution >= 4 is 22.9 Å². The normalized spacial score (nSPS) is 29.5. The summed E-state index contributed by atoms with van der Waals surface area (Å²) in [4.78, 5) is 1.26. The van der Waals surface area contributed by atoms with Gasteiger partial charge in [0.2, 0.25) is 0 Å². The Hall–Kier alpha value is -0.0500. The maximum atomic E-state index is 9.35. The Labute approximate surface area is 81.0 Å². The lowest BCUT2D eigenvalue weighted by atomic mass is 10.1. The summed E-state index contributed by atoms with van der Waals surface area (Å²) >= 11 is 7.70. The molecule has 0 spiro atoms.